The minimum Gasteiger partial charge on any atom is -0.479 e. The third kappa shape index (κ3) is 6.52. The Morgan fingerprint density at radius 2 is 1.70 bits per heavy atom. The summed E-state index contributed by atoms with van der Waals surface area (Å²) in [7, 11) is 1.26. The zero-order valence-electron chi connectivity index (χ0n) is 23.3. The molecule has 0 bridgehead atoms. The Balaban J connectivity index is 1.41. The van der Waals surface area contributed by atoms with Gasteiger partial charge in [0, 0.05) is 30.7 Å². The molecule has 0 aliphatic carbocycles. The van der Waals surface area contributed by atoms with E-state index in [1.54, 1.807) is 49.4 Å². The summed E-state index contributed by atoms with van der Waals surface area (Å²) in [4.78, 5) is 32.2. The fourth-order valence-electron chi connectivity index (χ4n) is 4.66. The predicted molar refractivity (Wildman–Crippen MR) is 153 cm³/mol. The number of carboxylic acid groups (broad SMARTS) is 2. The Hall–Kier alpha value is -5.16. The average molecular weight is 588 g/mol. The molecule has 9 nitrogen and oxygen atoms in total. The van der Waals surface area contributed by atoms with Crippen molar-refractivity contribution in [3.63, 3.8) is 0 Å². The van der Waals surface area contributed by atoms with Crippen LogP contribution in [0.25, 0.3) is 22.3 Å². The Morgan fingerprint density at radius 1 is 0.930 bits per heavy atom. The number of aromatic carboxylic acids is 1. The average Bonchev–Trinajstić information content (AvgIpc) is 3.32. The highest BCUT2D eigenvalue weighted by Crippen LogP contribution is 2.26. The highest BCUT2D eigenvalue weighted by molar-refractivity contribution is 5.92. The van der Waals surface area contributed by atoms with Gasteiger partial charge in [0.15, 0.2) is 6.10 Å². The molecule has 2 heterocycles. The fourth-order valence-corrected chi connectivity index (χ4v) is 4.66. The maximum absolute atomic E-state index is 15.4. The van der Waals surface area contributed by atoms with Gasteiger partial charge >= 0.3 is 11.9 Å². The quantitative estimate of drug-likeness (QED) is 0.203. The second kappa shape index (κ2) is 12.4. The Bertz CT molecular complexity index is 1840. The second-order valence-electron chi connectivity index (χ2n) is 9.94. The van der Waals surface area contributed by atoms with Crippen LogP contribution in [0.3, 0.4) is 0 Å². The third-order valence-corrected chi connectivity index (χ3v) is 6.99. The lowest BCUT2D eigenvalue weighted by Crippen LogP contribution is -2.28. The number of pyridine rings is 1. The number of hydrogen-bond acceptors (Lipinski definition) is 6. The fraction of sp³-hybridized carbons (Fsp3) is 0.188. The zero-order chi connectivity index (χ0) is 30.7. The molecule has 5 rings (SSSR count). The van der Waals surface area contributed by atoms with Crippen LogP contribution in [0.4, 0.5) is 8.78 Å². The highest BCUT2D eigenvalue weighted by Gasteiger charge is 2.22. The molecule has 0 amide bonds. The number of halogens is 2. The zero-order valence-corrected chi connectivity index (χ0v) is 23.3. The van der Waals surface area contributed by atoms with E-state index in [1.165, 1.54) is 42.0 Å². The molecule has 0 unspecified atom stereocenters. The number of aromatic nitrogens is 3. The van der Waals surface area contributed by atoms with Crippen molar-refractivity contribution < 1.29 is 38.1 Å². The first kappa shape index (κ1) is 29.3. The van der Waals surface area contributed by atoms with Crippen LogP contribution in [-0.4, -0.2) is 49.9 Å². The lowest BCUT2D eigenvalue weighted by Gasteiger charge is -2.15. The standard InChI is InChI=1S/C32H27F2N3O6/c1-18-6-7-22(23(33)12-18)17-43-30-5-3-4-25(36-30)20-9-8-19(24(34)13-20)15-29-35-26-11-10-21(31(38)39)14-27(26)37(29)16-28(42-2)32(40)41/h3-14,28H,15-17H2,1-2H3,(H,38,39)(H,40,41)/t28-/m1/s1. The number of carbonyl (C=O) groups is 2. The summed E-state index contributed by atoms with van der Waals surface area (Å²) in [6.45, 7) is 1.62. The highest BCUT2D eigenvalue weighted by atomic mass is 19.1. The molecule has 0 saturated heterocycles. The number of aliphatic carboxylic acids is 1. The summed E-state index contributed by atoms with van der Waals surface area (Å²) in [6, 6.07) is 18.8. The maximum atomic E-state index is 15.4. The number of aryl methyl sites for hydroxylation is 1. The summed E-state index contributed by atoms with van der Waals surface area (Å²) in [5, 5.41) is 19.0. The topological polar surface area (TPSA) is 124 Å². The molecule has 2 aromatic heterocycles. The van der Waals surface area contributed by atoms with Gasteiger partial charge in [-0.25, -0.2) is 28.3 Å². The number of rotatable bonds is 11. The van der Waals surface area contributed by atoms with Gasteiger partial charge < -0.3 is 24.3 Å². The normalized spacial score (nSPS) is 11.9. The second-order valence-corrected chi connectivity index (χ2v) is 9.94. The Kier molecular flexibility index (Phi) is 8.44. The van der Waals surface area contributed by atoms with Crippen LogP contribution in [0, 0.1) is 18.6 Å². The van der Waals surface area contributed by atoms with Crippen molar-refractivity contribution in [2.75, 3.05) is 7.11 Å². The van der Waals surface area contributed by atoms with E-state index in [1.807, 2.05) is 0 Å². The van der Waals surface area contributed by atoms with E-state index in [-0.39, 0.29) is 42.4 Å². The van der Waals surface area contributed by atoms with E-state index in [0.29, 0.717) is 33.7 Å². The van der Waals surface area contributed by atoms with Gasteiger partial charge in [-0.1, -0.05) is 30.3 Å². The molecule has 5 aromatic rings. The first-order chi connectivity index (χ1) is 20.6. The minimum absolute atomic E-state index is 0.00204. The predicted octanol–water partition coefficient (Wildman–Crippen LogP) is 5.65. The number of fused-ring (bicyclic) bond motifs is 1. The summed E-state index contributed by atoms with van der Waals surface area (Å²) >= 11 is 0. The number of ether oxygens (including phenoxy) is 2. The van der Waals surface area contributed by atoms with E-state index in [2.05, 4.69) is 9.97 Å². The van der Waals surface area contributed by atoms with Crippen LogP contribution in [0.2, 0.25) is 0 Å². The SMILES string of the molecule is CO[C@H](Cn1c(Cc2ccc(-c3cccc(OCc4ccc(C)cc4F)n3)cc2F)nc2ccc(C(=O)O)cc21)C(=O)O. The van der Waals surface area contributed by atoms with Crippen LogP contribution in [0.5, 0.6) is 5.88 Å². The molecule has 0 radical (unpaired) electrons. The summed E-state index contributed by atoms with van der Waals surface area (Å²) in [5.74, 6) is -2.68. The van der Waals surface area contributed by atoms with Gasteiger partial charge in [0.25, 0.3) is 0 Å². The number of nitrogens with zero attached hydrogens (tertiary/aromatic N) is 3. The van der Waals surface area contributed by atoms with E-state index in [9.17, 15) is 24.2 Å². The number of methoxy groups -OCH3 is 1. The van der Waals surface area contributed by atoms with Crippen molar-refractivity contribution in [1.82, 2.24) is 14.5 Å². The number of benzene rings is 3. The van der Waals surface area contributed by atoms with E-state index < -0.39 is 23.9 Å². The first-order valence-corrected chi connectivity index (χ1v) is 13.2. The molecular formula is C32H27F2N3O6. The Morgan fingerprint density at radius 3 is 2.40 bits per heavy atom. The van der Waals surface area contributed by atoms with Crippen molar-refractivity contribution in [3.8, 4) is 17.1 Å². The number of hydrogen-bond donors (Lipinski definition) is 2. The van der Waals surface area contributed by atoms with Crippen molar-refractivity contribution in [2.45, 2.75) is 32.6 Å². The van der Waals surface area contributed by atoms with E-state index in [0.717, 1.165) is 5.56 Å². The van der Waals surface area contributed by atoms with Crippen molar-refractivity contribution in [1.29, 1.82) is 0 Å². The lowest BCUT2D eigenvalue weighted by molar-refractivity contribution is -0.149. The van der Waals surface area contributed by atoms with Crippen LogP contribution < -0.4 is 4.74 Å². The van der Waals surface area contributed by atoms with Crippen LogP contribution >= 0.6 is 0 Å². The minimum atomic E-state index is -1.24. The molecule has 0 spiro atoms. The van der Waals surface area contributed by atoms with Crippen LogP contribution in [-0.2, 0) is 29.1 Å². The molecule has 11 heteroatoms. The first-order valence-electron chi connectivity index (χ1n) is 13.2. The van der Waals surface area contributed by atoms with Gasteiger partial charge in [-0.2, -0.15) is 0 Å². The van der Waals surface area contributed by atoms with Crippen molar-refractivity contribution >= 4 is 23.0 Å². The van der Waals surface area contributed by atoms with Gasteiger partial charge in [-0.15, -0.1) is 0 Å². The van der Waals surface area contributed by atoms with Crippen LogP contribution in [0.15, 0.2) is 72.8 Å². The van der Waals surface area contributed by atoms with Gasteiger partial charge in [0.1, 0.15) is 24.1 Å². The molecule has 0 saturated carbocycles. The number of imidazole rings is 1. The maximum Gasteiger partial charge on any atom is 0.335 e. The molecule has 220 valence electrons. The Labute approximate surface area is 245 Å². The van der Waals surface area contributed by atoms with E-state index >= 15 is 4.39 Å². The van der Waals surface area contributed by atoms with Gasteiger partial charge in [-0.3, -0.25) is 0 Å². The van der Waals surface area contributed by atoms with Gasteiger partial charge in [-0.05, 0) is 54.4 Å². The van der Waals surface area contributed by atoms with Gasteiger partial charge in [0.05, 0.1) is 28.8 Å². The lowest BCUT2D eigenvalue weighted by atomic mass is 10.1. The molecule has 2 N–H and O–H groups in total. The van der Waals surface area contributed by atoms with Crippen molar-refractivity contribution in [2.24, 2.45) is 0 Å². The van der Waals surface area contributed by atoms with Crippen LogP contribution in [0.1, 0.15) is 32.9 Å². The van der Waals surface area contributed by atoms with E-state index in [4.69, 9.17) is 9.47 Å². The molecular weight excluding hydrogens is 560 g/mol. The van der Waals surface area contributed by atoms with Gasteiger partial charge in [0.2, 0.25) is 5.88 Å². The summed E-state index contributed by atoms with van der Waals surface area (Å²) < 4.78 is 41.9. The summed E-state index contributed by atoms with van der Waals surface area (Å²) in [6.07, 6.45) is -1.24. The number of carboxylic acids is 2. The smallest absolute Gasteiger partial charge is 0.335 e. The molecule has 0 aliphatic heterocycles. The summed E-state index contributed by atoms with van der Waals surface area (Å²) in [5.41, 5.74) is 3.23. The molecule has 3 aromatic carbocycles. The van der Waals surface area contributed by atoms with Crippen molar-refractivity contribution in [3.05, 3.63) is 113 Å². The molecule has 0 fully saturated rings. The third-order valence-electron chi connectivity index (χ3n) is 6.99. The monoisotopic (exact) mass is 587 g/mol. The molecule has 0 aliphatic rings. The molecule has 43 heavy (non-hydrogen) atoms. The molecule has 1 atom stereocenters. The largest absolute Gasteiger partial charge is 0.479 e.